The number of ether oxygens (including phenoxy) is 4. The first-order valence-corrected chi connectivity index (χ1v) is 19.8. The van der Waals surface area contributed by atoms with Crippen LogP contribution < -0.4 is 4.74 Å². The van der Waals surface area contributed by atoms with Crippen molar-refractivity contribution in [2.24, 2.45) is 10.8 Å². The van der Waals surface area contributed by atoms with Gasteiger partial charge in [-0.2, -0.15) is 0 Å². The van der Waals surface area contributed by atoms with Gasteiger partial charge in [-0.25, -0.2) is 9.78 Å². The van der Waals surface area contributed by atoms with Crippen molar-refractivity contribution in [1.82, 2.24) is 0 Å². The molecule has 0 aromatic carbocycles. The minimum Gasteiger partial charge on any atom is -0.494 e. The van der Waals surface area contributed by atoms with Gasteiger partial charge in [-0.15, -0.1) is 0 Å². The first kappa shape index (κ1) is 38.3. The van der Waals surface area contributed by atoms with E-state index in [2.05, 4.69) is 98.5 Å². The molecule has 0 N–H and O–H groups in total. The summed E-state index contributed by atoms with van der Waals surface area (Å²) in [4.78, 5) is 10.9. The molecule has 0 unspecified atom stereocenters. The molecular formula is C46H58O6. The quantitative estimate of drug-likeness (QED) is 0.0351. The maximum Gasteiger partial charge on any atom is 0.120 e. The predicted octanol–water partition coefficient (Wildman–Crippen LogP) is 10.2. The predicted molar refractivity (Wildman–Crippen MR) is 208 cm³/mol. The van der Waals surface area contributed by atoms with Crippen LogP contribution in [-0.4, -0.2) is 59.5 Å². The Hall–Kier alpha value is -3.44. The minimum absolute atomic E-state index is 0.177. The summed E-state index contributed by atoms with van der Waals surface area (Å²) < 4.78 is 22.7. The van der Waals surface area contributed by atoms with Gasteiger partial charge in [0.1, 0.15) is 5.75 Å². The first-order valence-electron chi connectivity index (χ1n) is 19.8. The summed E-state index contributed by atoms with van der Waals surface area (Å²) in [5.74, 6) is 7.68. The van der Waals surface area contributed by atoms with Gasteiger partial charge in [0.25, 0.3) is 0 Å². The normalized spacial score (nSPS) is 15.9. The molecule has 2 fully saturated rings. The molecule has 2 heterocycles. The highest BCUT2D eigenvalue weighted by molar-refractivity contribution is 5.71. The van der Waals surface area contributed by atoms with Crippen molar-refractivity contribution in [3.63, 3.8) is 0 Å². The Balaban J connectivity index is 0.868. The van der Waals surface area contributed by atoms with Gasteiger partial charge in [-0.1, -0.05) is 81.3 Å². The summed E-state index contributed by atoms with van der Waals surface area (Å²) in [5.41, 5.74) is 8.74. The Bertz CT molecular complexity index is 1460. The van der Waals surface area contributed by atoms with Gasteiger partial charge in [-0.05, 0) is 116 Å². The van der Waals surface area contributed by atoms with E-state index in [0.29, 0.717) is 13.2 Å². The van der Waals surface area contributed by atoms with Crippen molar-refractivity contribution in [3.8, 4) is 39.8 Å². The van der Waals surface area contributed by atoms with E-state index >= 15 is 0 Å². The van der Waals surface area contributed by atoms with Crippen LogP contribution in [0.5, 0.6) is 5.75 Å². The third-order valence-corrected chi connectivity index (χ3v) is 10.9. The summed E-state index contributed by atoms with van der Waals surface area (Å²) in [6, 6.07) is 26.0. The minimum atomic E-state index is 0.177. The number of hydrogen-bond acceptors (Lipinski definition) is 6. The van der Waals surface area contributed by atoms with Gasteiger partial charge in [0, 0.05) is 28.6 Å². The molecule has 2 aliphatic heterocycles. The van der Waals surface area contributed by atoms with Gasteiger partial charge in [0.05, 0.1) is 52.9 Å². The molecule has 6 aliphatic rings. The molecule has 6 nitrogen and oxygen atoms in total. The second kappa shape index (κ2) is 19.6. The van der Waals surface area contributed by atoms with E-state index in [1.54, 1.807) is 0 Å². The third-order valence-electron chi connectivity index (χ3n) is 10.9. The molecule has 0 saturated carbocycles. The van der Waals surface area contributed by atoms with Crippen LogP contribution in [0.15, 0.2) is 72.8 Å². The largest absolute Gasteiger partial charge is 0.494 e. The van der Waals surface area contributed by atoms with E-state index in [1.807, 2.05) is 0 Å². The Kier molecular flexibility index (Phi) is 14.4. The van der Waals surface area contributed by atoms with Crippen LogP contribution in [0.25, 0.3) is 22.3 Å². The van der Waals surface area contributed by atoms with Crippen LogP contribution >= 0.6 is 0 Å². The lowest BCUT2D eigenvalue weighted by Crippen LogP contribution is -2.45. The van der Waals surface area contributed by atoms with Crippen molar-refractivity contribution in [2.45, 2.75) is 84.5 Å². The highest BCUT2D eigenvalue weighted by atomic mass is 17.2. The molecule has 6 heteroatoms. The van der Waals surface area contributed by atoms with Crippen molar-refractivity contribution in [1.29, 1.82) is 0 Å². The van der Waals surface area contributed by atoms with Crippen LogP contribution in [0.3, 0.4) is 0 Å². The number of unbranched alkanes of at least 4 members (excludes halogenated alkanes) is 6. The number of hydrogen-bond donors (Lipinski definition) is 0. The first-order chi connectivity index (χ1) is 25.6. The third kappa shape index (κ3) is 11.0. The summed E-state index contributed by atoms with van der Waals surface area (Å²) in [7, 11) is 0. The van der Waals surface area contributed by atoms with Crippen molar-refractivity contribution < 1.29 is 28.7 Å². The SMILES string of the molecule is CCC1(COCCCCCCOc2cc3ccc(C#Cc4ccc5cc(CCCCCCOOCC6(CC)COC6)cc-5cc4)ccc-3c2)COC1. The average Bonchev–Trinajstić information content (AvgIpc) is 3.58. The fourth-order valence-corrected chi connectivity index (χ4v) is 6.84. The number of aryl methyl sites for hydroxylation is 1. The molecule has 0 spiro atoms. The Morgan fingerprint density at radius 2 is 1.04 bits per heavy atom. The number of rotatable bonds is 22. The zero-order valence-electron chi connectivity index (χ0n) is 31.5. The molecule has 0 amide bonds. The fourth-order valence-electron chi connectivity index (χ4n) is 6.84. The monoisotopic (exact) mass is 706 g/mol. The van der Waals surface area contributed by atoms with Gasteiger partial charge >= 0.3 is 0 Å². The van der Waals surface area contributed by atoms with Crippen molar-refractivity contribution in [3.05, 3.63) is 89.5 Å². The van der Waals surface area contributed by atoms with Crippen LogP contribution in [-0.2, 0) is 30.4 Å². The molecule has 6 rings (SSSR count). The van der Waals surface area contributed by atoms with Crippen molar-refractivity contribution in [2.75, 3.05) is 59.5 Å². The topological polar surface area (TPSA) is 55.4 Å². The van der Waals surface area contributed by atoms with E-state index in [0.717, 1.165) is 114 Å². The van der Waals surface area contributed by atoms with E-state index in [-0.39, 0.29) is 10.8 Å². The second-order valence-corrected chi connectivity index (χ2v) is 15.1. The van der Waals surface area contributed by atoms with E-state index in [1.165, 1.54) is 47.1 Å². The molecule has 0 atom stereocenters. The zero-order chi connectivity index (χ0) is 35.9. The summed E-state index contributed by atoms with van der Waals surface area (Å²) >= 11 is 0. The maximum atomic E-state index is 6.08. The van der Waals surface area contributed by atoms with E-state index in [9.17, 15) is 0 Å². The Morgan fingerprint density at radius 3 is 1.58 bits per heavy atom. The second-order valence-electron chi connectivity index (χ2n) is 15.1. The zero-order valence-corrected chi connectivity index (χ0v) is 31.5. The molecule has 0 aromatic heterocycles. The molecule has 278 valence electrons. The Labute approximate surface area is 312 Å². The molecule has 0 radical (unpaired) electrons. The van der Waals surface area contributed by atoms with Crippen LogP contribution in [0.4, 0.5) is 0 Å². The molecule has 52 heavy (non-hydrogen) atoms. The summed E-state index contributed by atoms with van der Waals surface area (Å²) in [6.45, 7) is 11.4. The highest BCUT2D eigenvalue weighted by Crippen LogP contribution is 2.33. The number of fused-ring (bicyclic) bond motifs is 2. The molecule has 0 aromatic rings. The fraction of sp³-hybridized carbons (Fsp3) is 0.522. The van der Waals surface area contributed by atoms with Gasteiger partial charge < -0.3 is 18.9 Å². The van der Waals surface area contributed by atoms with Gasteiger partial charge in [-0.3, -0.25) is 0 Å². The summed E-state index contributed by atoms with van der Waals surface area (Å²) in [6.07, 6.45) is 12.4. The molecular weight excluding hydrogens is 649 g/mol. The van der Waals surface area contributed by atoms with E-state index < -0.39 is 0 Å². The molecule has 2 saturated heterocycles. The van der Waals surface area contributed by atoms with Crippen LogP contribution in [0.1, 0.15) is 94.7 Å². The lowest BCUT2D eigenvalue weighted by atomic mass is 9.84. The maximum absolute atomic E-state index is 6.08. The van der Waals surface area contributed by atoms with Gasteiger partial charge in [0.15, 0.2) is 0 Å². The molecule has 4 aliphatic carbocycles. The van der Waals surface area contributed by atoms with E-state index in [4.69, 9.17) is 28.7 Å². The smallest absolute Gasteiger partial charge is 0.120 e. The average molecular weight is 707 g/mol. The Morgan fingerprint density at radius 1 is 0.538 bits per heavy atom. The van der Waals surface area contributed by atoms with Gasteiger partial charge in [0.2, 0.25) is 0 Å². The molecule has 0 bridgehead atoms. The lowest BCUT2D eigenvalue weighted by Gasteiger charge is -2.40. The highest BCUT2D eigenvalue weighted by Gasteiger charge is 2.38. The van der Waals surface area contributed by atoms with Crippen molar-refractivity contribution >= 4 is 0 Å². The van der Waals surface area contributed by atoms with Crippen LogP contribution in [0.2, 0.25) is 0 Å². The van der Waals surface area contributed by atoms with Crippen LogP contribution in [0, 0.1) is 22.7 Å². The lowest BCUT2D eigenvalue weighted by molar-refractivity contribution is -0.328. The standard InChI is InChI=1S/C46H58O6/c1-3-45(32-48-33-45)31-47-24-10-7-8-11-25-50-44-29-42-22-18-38(19-23-43(42)30-44)15-14-37-16-20-40-27-39(28-41(40)21-17-37)13-9-5-6-12-26-51-52-36-46(4-2)34-49-35-46/h16-23,27-30H,3-13,24-26,31-36H2,1-2H3. The summed E-state index contributed by atoms with van der Waals surface area (Å²) in [5, 5.41) is 0.